The summed E-state index contributed by atoms with van der Waals surface area (Å²) in [4.78, 5) is 0. The summed E-state index contributed by atoms with van der Waals surface area (Å²) in [6.07, 6.45) is 9.42. The van der Waals surface area contributed by atoms with Crippen LogP contribution in [-0.2, 0) is 12.8 Å². The van der Waals surface area contributed by atoms with Crippen molar-refractivity contribution in [1.29, 1.82) is 0 Å². The Bertz CT molecular complexity index is 629. The summed E-state index contributed by atoms with van der Waals surface area (Å²) < 4.78 is 5.02. The highest BCUT2D eigenvalue weighted by molar-refractivity contribution is 5.20. The zero-order valence-corrected chi connectivity index (χ0v) is 14.3. The predicted octanol–water partition coefficient (Wildman–Crippen LogP) is 3.39. The van der Waals surface area contributed by atoms with Gasteiger partial charge < -0.3 is 5.11 Å². The van der Waals surface area contributed by atoms with Gasteiger partial charge in [0.15, 0.2) is 0 Å². The van der Waals surface area contributed by atoms with E-state index in [0.717, 1.165) is 54.3 Å². The summed E-state index contributed by atoms with van der Waals surface area (Å²) in [5.41, 5.74) is 2.76. The van der Waals surface area contributed by atoms with Crippen LogP contribution in [0.25, 0.3) is 0 Å². The van der Waals surface area contributed by atoms with E-state index in [2.05, 4.69) is 24.2 Å². The number of aliphatic hydroxyl groups is 1. The lowest BCUT2D eigenvalue weighted by Crippen LogP contribution is -2.54. The molecular formula is C19H28N2O2. The molecule has 3 saturated carbocycles. The summed E-state index contributed by atoms with van der Waals surface area (Å²) in [6, 6.07) is 0. The van der Waals surface area contributed by atoms with Crippen LogP contribution in [-0.4, -0.2) is 21.5 Å². The smallest absolute Gasteiger partial charge is 0.108 e. The molecule has 1 heterocycles. The fourth-order valence-corrected chi connectivity index (χ4v) is 7.23. The Morgan fingerprint density at radius 1 is 0.957 bits per heavy atom. The van der Waals surface area contributed by atoms with E-state index < -0.39 is 0 Å². The SMILES string of the molecule is CC12Cc3nonc3CC1CCC1C2CCC2(C)C1CC[C@@H]2O. The Morgan fingerprint density at radius 3 is 2.61 bits per heavy atom. The molecule has 0 bridgehead atoms. The van der Waals surface area contributed by atoms with Crippen LogP contribution in [0.2, 0.25) is 0 Å². The summed E-state index contributed by atoms with van der Waals surface area (Å²) in [5.74, 6) is 3.05. The fourth-order valence-electron chi connectivity index (χ4n) is 7.23. The monoisotopic (exact) mass is 316 g/mol. The van der Waals surface area contributed by atoms with Crippen LogP contribution in [0.1, 0.15) is 63.8 Å². The molecule has 126 valence electrons. The molecule has 0 spiro atoms. The molecule has 3 fully saturated rings. The second-order valence-corrected chi connectivity index (χ2v) is 9.33. The molecule has 1 aromatic rings. The molecule has 6 unspecified atom stereocenters. The van der Waals surface area contributed by atoms with E-state index in [4.69, 9.17) is 4.63 Å². The zero-order chi connectivity index (χ0) is 15.8. The third-order valence-corrected chi connectivity index (χ3v) is 8.64. The first-order chi connectivity index (χ1) is 11.0. The molecule has 0 aromatic carbocycles. The van der Waals surface area contributed by atoms with Gasteiger partial charge in [-0.2, -0.15) is 0 Å². The molecular weight excluding hydrogens is 288 g/mol. The van der Waals surface area contributed by atoms with Crippen LogP contribution in [0.4, 0.5) is 0 Å². The molecule has 0 radical (unpaired) electrons. The van der Waals surface area contributed by atoms with Crippen molar-refractivity contribution in [3.05, 3.63) is 11.4 Å². The normalized spacial score (nSPS) is 51.5. The highest BCUT2D eigenvalue weighted by atomic mass is 16.6. The van der Waals surface area contributed by atoms with Crippen molar-refractivity contribution in [1.82, 2.24) is 10.3 Å². The Hall–Kier alpha value is -0.900. The third kappa shape index (κ3) is 1.76. The third-order valence-electron chi connectivity index (χ3n) is 8.64. The quantitative estimate of drug-likeness (QED) is 0.797. The lowest BCUT2D eigenvalue weighted by atomic mass is 9.45. The summed E-state index contributed by atoms with van der Waals surface area (Å²) in [5, 5.41) is 18.9. The van der Waals surface area contributed by atoms with Gasteiger partial charge in [0.25, 0.3) is 0 Å². The van der Waals surface area contributed by atoms with Crippen molar-refractivity contribution >= 4 is 0 Å². The minimum Gasteiger partial charge on any atom is -0.393 e. The van der Waals surface area contributed by atoms with Crippen molar-refractivity contribution in [3.63, 3.8) is 0 Å². The van der Waals surface area contributed by atoms with Gasteiger partial charge in [-0.3, -0.25) is 0 Å². The van der Waals surface area contributed by atoms with Gasteiger partial charge in [-0.05, 0) is 79.4 Å². The molecule has 23 heavy (non-hydrogen) atoms. The van der Waals surface area contributed by atoms with E-state index in [-0.39, 0.29) is 11.5 Å². The van der Waals surface area contributed by atoms with Crippen LogP contribution in [0.3, 0.4) is 0 Å². The predicted molar refractivity (Wildman–Crippen MR) is 85.6 cm³/mol. The maximum absolute atomic E-state index is 10.5. The Kier molecular flexibility index (Phi) is 2.88. The number of hydrogen-bond acceptors (Lipinski definition) is 4. The molecule has 4 aliphatic rings. The molecule has 0 aliphatic heterocycles. The van der Waals surface area contributed by atoms with Gasteiger partial charge in [0.2, 0.25) is 0 Å². The highest BCUT2D eigenvalue weighted by Gasteiger charge is 2.60. The van der Waals surface area contributed by atoms with E-state index in [0.29, 0.717) is 5.41 Å². The number of hydrogen-bond donors (Lipinski definition) is 1. The topological polar surface area (TPSA) is 59.2 Å². The number of nitrogens with zero attached hydrogens (tertiary/aromatic N) is 2. The first-order valence-electron chi connectivity index (χ1n) is 9.51. The first-order valence-corrected chi connectivity index (χ1v) is 9.51. The van der Waals surface area contributed by atoms with Crippen LogP contribution < -0.4 is 0 Å². The molecule has 5 rings (SSSR count). The molecule has 7 atom stereocenters. The molecule has 4 heteroatoms. The molecule has 4 nitrogen and oxygen atoms in total. The second kappa shape index (κ2) is 4.59. The minimum atomic E-state index is -0.0725. The summed E-state index contributed by atoms with van der Waals surface area (Å²) in [7, 11) is 0. The number of rotatable bonds is 0. The van der Waals surface area contributed by atoms with Crippen LogP contribution in [0.5, 0.6) is 0 Å². The Balaban J connectivity index is 1.50. The van der Waals surface area contributed by atoms with Crippen LogP contribution in [0, 0.1) is 34.5 Å². The second-order valence-electron chi connectivity index (χ2n) is 9.33. The number of aromatic nitrogens is 2. The maximum atomic E-state index is 10.5. The largest absolute Gasteiger partial charge is 0.393 e. The van der Waals surface area contributed by atoms with E-state index in [1.54, 1.807) is 0 Å². The lowest BCUT2D eigenvalue weighted by Gasteiger charge is -2.59. The number of fused-ring (bicyclic) bond motifs is 6. The van der Waals surface area contributed by atoms with Gasteiger partial charge in [-0.25, -0.2) is 4.63 Å². The van der Waals surface area contributed by atoms with Crippen molar-refractivity contribution < 1.29 is 9.74 Å². The zero-order valence-electron chi connectivity index (χ0n) is 14.3. The molecule has 4 aliphatic carbocycles. The fraction of sp³-hybridized carbons (Fsp3) is 0.895. The minimum absolute atomic E-state index is 0.0725. The molecule has 0 amide bonds. The standard InChI is InChI=1S/C19H28N2O2/c1-18-8-7-14-12(13(18)5-6-17(18)22)4-3-11-9-15-16(21-23-20-15)10-19(11,14)2/h11-14,17,22H,3-10H2,1-2H3/t11?,12?,13?,14?,17-,18?,19?/m0/s1. The molecule has 0 saturated heterocycles. The summed E-state index contributed by atoms with van der Waals surface area (Å²) >= 11 is 0. The van der Waals surface area contributed by atoms with Crippen molar-refractivity contribution in [2.24, 2.45) is 34.5 Å². The van der Waals surface area contributed by atoms with Crippen molar-refractivity contribution in [3.8, 4) is 0 Å². The van der Waals surface area contributed by atoms with Gasteiger partial charge in [-0.15, -0.1) is 0 Å². The van der Waals surface area contributed by atoms with E-state index in [1.807, 2.05) is 0 Å². The Labute approximate surface area is 138 Å². The van der Waals surface area contributed by atoms with Crippen LogP contribution in [0.15, 0.2) is 4.63 Å². The van der Waals surface area contributed by atoms with E-state index in [1.165, 1.54) is 32.1 Å². The van der Waals surface area contributed by atoms with Crippen molar-refractivity contribution in [2.45, 2.75) is 71.3 Å². The van der Waals surface area contributed by atoms with Gasteiger partial charge in [0.1, 0.15) is 11.4 Å². The van der Waals surface area contributed by atoms with E-state index in [9.17, 15) is 5.11 Å². The van der Waals surface area contributed by atoms with Gasteiger partial charge >= 0.3 is 0 Å². The number of aliphatic hydroxyl groups excluding tert-OH is 1. The van der Waals surface area contributed by atoms with E-state index >= 15 is 0 Å². The molecule has 1 N–H and O–H groups in total. The van der Waals surface area contributed by atoms with Gasteiger partial charge in [0, 0.05) is 6.42 Å². The van der Waals surface area contributed by atoms with Gasteiger partial charge in [-0.1, -0.05) is 24.2 Å². The first kappa shape index (κ1) is 14.4. The average molecular weight is 316 g/mol. The molecule has 1 aromatic heterocycles. The lowest BCUT2D eigenvalue weighted by molar-refractivity contribution is -0.111. The Morgan fingerprint density at radius 2 is 1.74 bits per heavy atom. The summed E-state index contributed by atoms with van der Waals surface area (Å²) in [6.45, 7) is 4.88. The maximum Gasteiger partial charge on any atom is 0.108 e. The van der Waals surface area contributed by atoms with Crippen LogP contribution >= 0.6 is 0 Å². The average Bonchev–Trinajstić information content (AvgIpc) is 3.08. The van der Waals surface area contributed by atoms with Crippen molar-refractivity contribution in [2.75, 3.05) is 0 Å². The van der Waals surface area contributed by atoms with Gasteiger partial charge in [0.05, 0.1) is 6.10 Å². The highest BCUT2D eigenvalue weighted by Crippen LogP contribution is 2.65.